The summed E-state index contributed by atoms with van der Waals surface area (Å²) in [5.41, 5.74) is 0.368. The van der Waals surface area contributed by atoms with E-state index in [-0.39, 0.29) is 41.9 Å². The number of hydrogen-bond donors (Lipinski definition) is 2. The Morgan fingerprint density at radius 2 is 1.73 bits per heavy atom. The average molecular weight is 415 g/mol. The summed E-state index contributed by atoms with van der Waals surface area (Å²) in [6, 6.07) is 5.32. The van der Waals surface area contributed by atoms with Crippen LogP contribution in [0.3, 0.4) is 0 Å². The van der Waals surface area contributed by atoms with Crippen molar-refractivity contribution >= 4 is 35.4 Å². The minimum atomic E-state index is -1.20. The van der Waals surface area contributed by atoms with Crippen LogP contribution in [0.4, 0.5) is 10.5 Å². The molecule has 5 amide bonds. The monoisotopic (exact) mass is 415 g/mol. The first-order valence-corrected chi connectivity index (χ1v) is 10.1. The number of ether oxygens (including phenoxy) is 1. The molecular weight excluding hydrogens is 390 g/mol. The molecule has 0 spiro atoms. The van der Waals surface area contributed by atoms with Crippen molar-refractivity contribution in [2.24, 2.45) is 0 Å². The molecule has 1 atom stereocenters. The van der Waals surface area contributed by atoms with E-state index in [4.69, 9.17) is 4.74 Å². The molecule has 1 aromatic carbocycles. The van der Waals surface area contributed by atoms with Crippen LogP contribution in [0.15, 0.2) is 24.3 Å². The highest BCUT2D eigenvalue weighted by atomic mass is 16.5. The summed E-state index contributed by atoms with van der Waals surface area (Å²) >= 11 is 0. The molecule has 1 aromatic rings. The van der Waals surface area contributed by atoms with E-state index in [1.54, 1.807) is 6.07 Å². The van der Waals surface area contributed by atoms with E-state index in [0.29, 0.717) is 0 Å². The van der Waals surface area contributed by atoms with Crippen molar-refractivity contribution in [3.05, 3.63) is 29.8 Å². The zero-order chi connectivity index (χ0) is 21.7. The van der Waals surface area contributed by atoms with Crippen molar-refractivity contribution < 1.29 is 28.7 Å². The van der Waals surface area contributed by atoms with Gasteiger partial charge in [0.2, 0.25) is 11.8 Å². The maximum atomic E-state index is 12.4. The number of carbonyl (C=O) groups excluding carboxylic acids is 5. The Morgan fingerprint density at radius 1 is 1.07 bits per heavy atom. The molecule has 2 N–H and O–H groups in total. The number of benzene rings is 1. The fraction of sp³-hybridized carbons (Fsp3) is 0.476. The summed E-state index contributed by atoms with van der Waals surface area (Å²) in [6.07, 6.45) is 4.05. The third kappa shape index (κ3) is 5.22. The molecule has 1 heterocycles. The maximum Gasteiger partial charge on any atom is 0.338 e. The number of anilines is 1. The van der Waals surface area contributed by atoms with Crippen molar-refractivity contribution in [1.29, 1.82) is 0 Å². The van der Waals surface area contributed by atoms with Gasteiger partial charge >= 0.3 is 12.0 Å². The third-order valence-electron chi connectivity index (χ3n) is 5.22. The first-order valence-electron chi connectivity index (χ1n) is 10.1. The standard InChI is InChI=1S/C21H25N3O6/c1-13(19(27)23-21(29)22-15-7-3-2-4-8-15)30-20(28)14-6-5-9-16(12-14)24-17(25)10-11-18(24)26/h5-6,9,12-13,15H,2-4,7-8,10-11H2,1H3,(H2,22,23,27,29). The summed E-state index contributed by atoms with van der Waals surface area (Å²) < 4.78 is 5.14. The lowest BCUT2D eigenvalue weighted by Gasteiger charge is -2.23. The SMILES string of the molecule is CC(OC(=O)c1cccc(N2C(=O)CCC2=O)c1)C(=O)NC(=O)NC1CCCCC1. The zero-order valence-corrected chi connectivity index (χ0v) is 16.8. The zero-order valence-electron chi connectivity index (χ0n) is 16.8. The Kier molecular flexibility index (Phi) is 6.81. The van der Waals surface area contributed by atoms with E-state index in [2.05, 4.69) is 10.6 Å². The predicted molar refractivity (Wildman–Crippen MR) is 107 cm³/mol. The minimum absolute atomic E-state index is 0.0446. The topological polar surface area (TPSA) is 122 Å². The molecule has 2 aliphatic rings. The number of esters is 1. The molecule has 160 valence electrons. The lowest BCUT2D eigenvalue weighted by atomic mass is 9.96. The van der Waals surface area contributed by atoms with Crippen LogP contribution in [0.1, 0.15) is 62.2 Å². The van der Waals surface area contributed by atoms with Crippen molar-refractivity contribution in [3.8, 4) is 0 Å². The normalized spacial score (nSPS) is 18.1. The van der Waals surface area contributed by atoms with Gasteiger partial charge in [0.1, 0.15) is 0 Å². The van der Waals surface area contributed by atoms with Gasteiger partial charge in [-0.1, -0.05) is 25.3 Å². The van der Waals surface area contributed by atoms with Crippen molar-refractivity contribution in [2.75, 3.05) is 4.90 Å². The Morgan fingerprint density at radius 3 is 2.40 bits per heavy atom. The van der Waals surface area contributed by atoms with E-state index >= 15 is 0 Å². The molecule has 0 radical (unpaired) electrons. The Hall–Kier alpha value is -3.23. The van der Waals surface area contributed by atoms with Crippen LogP contribution in [-0.4, -0.2) is 41.9 Å². The van der Waals surface area contributed by atoms with E-state index in [1.807, 2.05) is 0 Å². The summed E-state index contributed by atoms with van der Waals surface area (Å²) in [5, 5.41) is 4.94. The molecule has 1 unspecified atom stereocenters. The fourth-order valence-corrected chi connectivity index (χ4v) is 3.60. The summed E-state index contributed by atoms with van der Waals surface area (Å²) in [6.45, 7) is 1.36. The van der Waals surface area contributed by atoms with Gasteiger partial charge in [-0.3, -0.25) is 24.6 Å². The minimum Gasteiger partial charge on any atom is -0.449 e. The third-order valence-corrected chi connectivity index (χ3v) is 5.22. The van der Waals surface area contributed by atoms with E-state index in [9.17, 15) is 24.0 Å². The van der Waals surface area contributed by atoms with Crippen molar-refractivity contribution in [3.63, 3.8) is 0 Å². The largest absolute Gasteiger partial charge is 0.449 e. The second-order valence-corrected chi connectivity index (χ2v) is 7.52. The van der Waals surface area contributed by atoms with Gasteiger partial charge in [-0.15, -0.1) is 0 Å². The molecule has 0 bridgehead atoms. The Labute approximate surface area is 174 Å². The van der Waals surface area contributed by atoms with Gasteiger partial charge in [0, 0.05) is 18.9 Å². The van der Waals surface area contributed by atoms with E-state index in [0.717, 1.165) is 37.0 Å². The number of rotatable bonds is 5. The van der Waals surface area contributed by atoms with Gasteiger partial charge in [-0.2, -0.15) is 0 Å². The van der Waals surface area contributed by atoms with Crippen LogP contribution < -0.4 is 15.5 Å². The van der Waals surface area contributed by atoms with Crippen LogP contribution >= 0.6 is 0 Å². The molecule has 1 aliphatic carbocycles. The van der Waals surface area contributed by atoms with Crippen LogP contribution in [0.5, 0.6) is 0 Å². The van der Waals surface area contributed by atoms with E-state index < -0.39 is 24.0 Å². The number of amides is 5. The van der Waals surface area contributed by atoms with Gasteiger partial charge in [0.15, 0.2) is 6.10 Å². The first-order chi connectivity index (χ1) is 14.3. The second-order valence-electron chi connectivity index (χ2n) is 7.52. The first kappa shape index (κ1) is 21.5. The number of imide groups is 2. The van der Waals surface area contributed by atoms with E-state index in [1.165, 1.54) is 25.1 Å². The highest BCUT2D eigenvalue weighted by Crippen LogP contribution is 2.24. The number of urea groups is 1. The molecule has 9 heteroatoms. The van der Waals surface area contributed by atoms with Gasteiger partial charge in [-0.05, 0) is 38.0 Å². The van der Waals surface area contributed by atoms with Gasteiger partial charge < -0.3 is 10.1 Å². The Bertz CT molecular complexity index is 846. The molecule has 1 saturated carbocycles. The fourth-order valence-electron chi connectivity index (χ4n) is 3.60. The predicted octanol–water partition coefficient (Wildman–Crippen LogP) is 2.04. The molecular formula is C21H25N3O6. The number of hydrogen-bond acceptors (Lipinski definition) is 6. The van der Waals surface area contributed by atoms with Crippen LogP contribution in [0.2, 0.25) is 0 Å². The number of nitrogens with zero attached hydrogens (tertiary/aromatic N) is 1. The maximum absolute atomic E-state index is 12.4. The van der Waals surface area contributed by atoms with Gasteiger partial charge in [0.05, 0.1) is 11.3 Å². The molecule has 1 aliphatic heterocycles. The molecule has 0 aromatic heterocycles. The smallest absolute Gasteiger partial charge is 0.338 e. The van der Waals surface area contributed by atoms with Crippen LogP contribution in [-0.2, 0) is 19.1 Å². The molecule has 30 heavy (non-hydrogen) atoms. The van der Waals surface area contributed by atoms with Gasteiger partial charge in [0.25, 0.3) is 5.91 Å². The highest BCUT2D eigenvalue weighted by molar-refractivity contribution is 6.20. The molecule has 2 fully saturated rings. The average Bonchev–Trinajstić information content (AvgIpc) is 3.06. The summed E-state index contributed by atoms with van der Waals surface area (Å²) in [7, 11) is 0. The van der Waals surface area contributed by atoms with Crippen molar-refractivity contribution in [1.82, 2.24) is 10.6 Å². The highest BCUT2D eigenvalue weighted by Gasteiger charge is 2.31. The van der Waals surface area contributed by atoms with Crippen LogP contribution in [0, 0.1) is 0 Å². The number of nitrogens with one attached hydrogen (secondary N) is 2. The van der Waals surface area contributed by atoms with Crippen LogP contribution in [0.25, 0.3) is 0 Å². The summed E-state index contributed by atoms with van der Waals surface area (Å²) in [5.74, 6) is -2.20. The molecule has 1 saturated heterocycles. The molecule has 9 nitrogen and oxygen atoms in total. The van der Waals surface area contributed by atoms with Gasteiger partial charge in [-0.25, -0.2) is 9.59 Å². The summed E-state index contributed by atoms with van der Waals surface area (Å²) in [4.78, 5) is 61.3. The number of carbonyl (C=O) groups is 5. The molecule has 3 rings (SSSR count). The second kappa shape index (κ2) is 9.51. The lowest BCUT2D eigenvalue weighted by molar-refractivity contribution is -0.128. The Balaban J connectivity index is 1.55. The lowest BCUT2D eigenvalue weighted by Crippen LogP contribution is -2.48. The quantitative estimate of drug-likeness (QED) is 0.561. The van der Waals surface area contributed by atoms with Crippen molar-refractivity contribution in [2.45, 2.75) is 64.0 Å².